The van der Waals surface area contributed by atoms with E-state index in [9.17, 15) is 18.0 Å². The van der Waals surface area contributed by atoms with Gasteiger partial charge in [0.15, 0.2) is 0 Å². The lowest BCUT2D eigenvalue weighted by Crippen LogP contribution is -2.50. The predicted octanol–water partition coefficient (Wildman–Crippen LogP) is 2.40. The Morgan fingerprint density at radius 3 is 2.46 bits per heavy atom. The molecule has 0 atom stereocenters. The van der Waals surface area contributed by atoms with Gasteiger partial charge in [0.05, 0.1) is 17.1 Å². The van der Waals surface area contributed by atoms with E-state index in [-0.39, 0.29) is 17.0 Å². The molecule has 0 bridgehead atoms. The van der Waals surface area contributed by atoms with Crippen LogP contribution in [-0.4, -0.2) is 54.6 Å². The molecule has 1 saturated heterocycles. The van der Waals surface area contributed by atoms with Gasteiger partial charge in [-0.3, -0.25) is 9.69 Å². The van der Waals surface area contributed by atoms with Crippen LogP contribution < -0.4 is 10.2 Å². The van der Waals surface area contributed by atoms with E-state index in [1.54, 1.807) is 0 Å². The number of amides is 1. The molecule has 134 valence electrons. The summed E-state index contributed by atoms with van der Waals surface area (Å²) in [5.41, 5.74) is -0.861. The molecule has 1 aliphatic heterocycles. The summed E-state index contributed by atoms with van der Waals surface area (Å²) in [5.74, 6) is 0.306. The summed E-state index contributed by atoms with van der Waals surface area (Å²) in [6.45, 7) is 6.43. The van der Waals surface area contributed by atoms with Crippen LogP contribution in [0.25, 0.3) is 0 Å². The Morgan fingerprint density at radius 2 is 1.96 bits per heavy atom. The summed E-state index contributed by atoms with van der Waals surface area (Å²) in [7, 11) is 0. The van der Waals surface area contributed by atoms with Gasteiger partial charge in [0, 0.05) is 38.4 Å². The Labute approximate surface area is 143 Å². The number of aromatic nitrogens is 1. The normalized spacial score (nSPS) is 16.5. The molecular weight excluding hydrogens is 345 g/mol. The lowest BCUT2D eigenvalue weighted by molar-refractivity contribution is -0.137. The second kappa shape index (κ2) is 7.57. The number of nitrogens with one attached hydrogen (secondary N) is 1. The van der Waals surface area contributed by atoms with Crippen molar-refractivity contribution < 1.29 is 18.0 Å². The van der Waals surface area contributed by atoms with Gasteiger partial charge < -0.3 is 10.2 Å². The SMILES string of the molecule is CC(C)NC(=O)CN1CCN(c2ncc(C(F)(F)F)cc2Cl)CC1. The maximum Gasteiger partial charge on any atom is 0.417 e. The summed E-state index contributed by atoms with van der Waals surface area (Å²) in [4.78, 5) is 19.4. The molecule has 0 spiro atoms. The first-order chi connectivity index (χ1) is 11.2. The van der Waals surface area contributed by atoms with Crippen molar-refractivity contribution in [1.29, 1.82) is 0 Å². The van der Waals surface area contributed by atoms with Crippen molar-refractivity contribution in [2.75, 3.05) is 37.6 Å². The minimum Gasteiger partial charge on any atom is -0.353 e. The van der Waals surface area contributed by atoms with Crippen LogP contribution in [0.2, 0.25) is 5.02 Å². The van der Waals surface area contributed by atoms with E-state index in [1.807, 2.05) is 23.6 Å². The van der Waals surface area contributed by atoms with Crippen LogP contribution in [0.15, 0.2) is 12.3 Å². The molecule has 0 aliphatic carbocycles. The molecule has 1 aromatic heterocycles. The van der Waals surface area contributed by atoms with Gasteiger partial charge in [-0.25, -0.2) is 4.98 Å². The van der Waals surface area contributed by atoms with Gasteiger partial charge in [-0.1, -0.05) is 11.6 Å². The lowest BCUT2D eigenvalue weighted by Gasteiger charge is -2.35. The number of halogens is 4. The number of nitrogens with zero attached hydrogens (tertiary/aromatic N) is 3. The predicted molar refractivity (Wildman–Crippen MR) is 86.2 cm³/mol. The fourth-order valence-corrected chi connectivity index (χ4v) is 2.79. The maximum absolute atomic E-state index is 12.6. The zero-order valence-corrected chi connectivity index (χ0v) is 14.3. The van der Waals surface area contributed by atoms with Gasteiger partial charge in [-0.2, -0.15) is 13.2 Å². The number of hydrogen-bond acceptors (Lipinski definition) is 4. The molecule has 0 aromatic carbocycles. The number of carbonyl (C=O) groups excluding carboxylic acids is 1. The minimum absolute atomic E-state index is 0.0178. The molecule has 1 aromatic rings. The first-order valence-electron chi connectivity index (χ1n) is 7.66. The highest BCUT2D eigenvalue weighted by Crippen LogP contribution is 2.33. The molecule has 1 fully saturated rings. The highest BCUT2D eigenvalue weighted by atomic mass is 35.5. The number of hydrogen-bond donors (Lipinski definition) is 1. The van der Waals surface area contributed by atoms with Crippen LogP contribution in [0.5, 0.6) is 0 Å². The summed E-state index contributed by atoms with van der Waals surface area (Å²) >= 11 is 5.96. The van der Waals surface area contributed by atoms with E-state index >= 15 is 0 Å². The van der Waals surface area contributed by atoms with Crippen molar-refractivity contribution in [2.24, 2.45) is 0 Å². The minimum atomic E-state index is -4.46. The Kier molecular flexibility index (Phi) is 5.92. The standard InChI is InChI=1S/C15H20ClF3N4O/c1-10(2)21-13(24)9-22-3-5-23(6-4-22)14-12(16)7-11(8-20-14)15(17,18)19/h7-8,10H,3-6,9H2,1-2H3,(H,21,24). The van der Waals surface area contributed by atoms with Gasteiger partial charge in [0.2, 0.25) is 5.91 Å². The molecule has 0 radical (unpaired) electrons. The summed E-state index contributed by atoms with van der Waals surface area (Å²) in [6.07, 6.45) is -3.67. The van der Waals surface area contributed by atoms with E-state index in [4.69, 9.17) is 11.6 Å². The highest BCUT2D eigenvalue weighted by molar-refractivity contribution is 6.33. The summed E-state index contributed by atoms with van der Waals surface area (Å²) < 4.78 is 37.9. The molecule has 1 aliphatic rings. The fourth-order valence-electron chi connectivity index (χ4n) is 2.51. The van der Waals surface area contributed by atoms with Gasteiger partial charge in [-0.15, -0.1) is 0 Å². The summed E-state index contributed by atoms with van der Waals surface area (Å²) in [5, 5.41) is 2.81. The Hall–Kier alpha value is -1.54. The third-order valence-corrected chi connectivity index (χ3v) is 3.92. The van der Waals surface area contributed by atoms with Crippen LogP contribution in [0.4, 0.5) is 19.0 Å². The number of rotatable bonds is 4. The number of anilines is 1. The van der Waals surface area contributed by atoms with Crippen LogP contribution in [-0.2, 0) is 11.0 Å². The van der Waals surface area contributed by atoms with Crippen molar-refractivity contribution in [3.63, 3.8) is 0 Å². The van der Waals surface area contributed by atoms with Crippen molar-refractivity contribution in [1.82, 2.24) is 15.2 Å². The number of alkyl halides is 3. The number of pyridine rings is 1. The third kappa shape index (κ3) is 4.98. The van der Waals surface area contributed by atoms with E-state index < -0.39 is 11.7 Å². The van der Waals surface area contributed by atoms with Gasteiger partial charge in [0.25, 0.3) is 0 Å². The van der Waals surface area contributed by atoms with E-state index in [0.29, 0.717) is 38.5 Å². The first-order valence-corrected chi connectivity index (χ1v) is 8.04. The number of carbonyl (C=O) groups is 1. The molecule has 24 heavy (non-hydrogen) atoms. The Bertz CT molecular complexity index is 587. The van der Waals surface area contributed by atoms with Crippen LogP contribution in [0.3, 0.4) is 0 Å². The van der Waals surface area contributed by atoms with Crippen molar-refractivity contribution in [2.45, 2.75) is 26.1 Å². The van der Waals surface area contributed by atoms with Gasteiger partial charge >= 0.3 is 6.18 Å². The molecule has 5 nitrogen and oxygen atoms in total. The molecule has 0 unspecified atom stereocenters. The second-order valence-electron chi connectivity index (χ2n) is 6.01. The van der Waals surface area contributed by atoms with E-state index in [2.05, 4.69) is 10.3 Å². The van der Waals surface area contributed by atoms with Crippen LogP contribution in [0, 0.1) is 0 Å². The second-order valence-corrected chi connectivity index (χ2v) is 6.42. The molecule has 1 N–H and O–H groups in total. The van der Waals surface area contributed by atoms with Crippen LogP contribution >= 0.6 is 11.6 Å². The molecule has 9 heteroatoms. The smallest absolute Gasteiger partial charge is 0.353 e. The summed E-state index contributed by atoms with van der Waals surface area (Å²) in [6, 6.07) is 0.987. The fraction of sp³-hybridized carbons (Fsp3) is 0.600. The first kappa shape index (κ1) is 18.8. The molecule has 2 heterocycles. The topological polar surface area (TPSA) is 48.5 Å². The molecule has 2 rings (SSSR count). The average Bonchev–Trinajstić information content (AvgIpc) is 2.46. The third-order valence-electron chi connectivity index (χ3n) is 3.64. The van der Waals surface area contributed by atoms with Crippen molar-refractivity contribution in [3.8, 4) is 0 Å². The van der Waals surface area contributed by atoms with E-state index in [0.717, 1.165) is 12.3 Å². The highest BCUT2D eigenvalue weighted by Gasteiger charge is 2.32. The molecular formula is C15H20ClF3N4O. The zero-order chi connectivity index (χ0) is 17.9. The monoisotopic (exact) mass is 364 g/mol. The van der Waals surface area contributed by atoms with Gasteiger partial charge in [-0.05, 0) is 19.9 Å². The zero-order valence-electron chi connectivity index (χ0n) is 13.5. The molecule has 0 saturated carbocycles. The largest absolute Gasteiger partial charge is 0.417 e. The van der Waals surface area contributed by atoms with E-state index in [1.165, 1.54) is 0 Å². The van der Waals surface area contributed by atoms with Crippen molar-refractivity contribution in [3.05, 3.63) is 22.8 Å². The lowest BCUT2D eigenvalue weighted by atomic mass is 10.2. The van der Waals surface area contributed by atoms with Gasteiger partial charge in [0.1, 0.15) is 5.82 Å². The Morgan fingerprint density at radius 1 is 1.33 bits per heavy atom. The van der Waals surface area contributed by atoms with Crippen molar-refractivity contribution >= 4 is 23.3 Å². The Balaban J connectivity index is 1.94. The maximum atomic E-state index is 12.6. The van der Waals surface area contributed by atoms with Crippen LogP contribution in [0.1, 0.15) is 19.4 Å². The average molecular weight is 365 g/mol. The quantitative estimate of drug-likeness (QED) is 0.891. The number of piperazine rings is 1. The molecule has 1 amide bonds.